The standard InChI is InChI=1S/C17H20N4O4S/c1-26(23,24)21-9-7-13(8-10-21)16(22)20-14-11-18-17(19-12-14)25-15-5-3-2-4-6-15/h2-6,11-13H,7-10H2,1H3,(H,20,22). The minimum absolute atomic E-state index is 0.154. The van der Waals surface area contributed by atoms with Crippen LogP contribution in [0.25, 0.3) is 0 Å². The molecule has 0 bridgehead atoms. The Morgan fingerprint density at radius 1 is 1.15 bits per heavy atom. The Labute approximate surface area is 152 Å². The SMILES string of the molecule is CS(=O)(=O)N1CCC(C(=O)Nc2cnc(Oc3ccccc3)nc2)CC1. The second kappa shape index (κ2) is 7.79. The highest BCUT2D eigenvalue weighted by atomic mass is 32.2. The van der Waals surface area contributed by atoms with Crippen LogP contribution in [0.5, 0.6) is 11.8 Å². The maximum Gasteiger partial charge on any atom is 0.322 e. The Bertz CT molecular complexity index is 848. The lowest BCUT2D eigenvalue weighted by molar-refractivity contribution is -0.120. The van der Waals surface area contributed by atoms with E-state index in [-0.39, 0.29) is 17.8 Å². The minimum Gasteiger partial charge on any atom is -0.424 e. The first-order chi connectivity index (χ1) is 12.4. The van der Waals surface area contributed by atoms with Crippen molar-refractivity contribution in [3.63, 3.8) is 0 Å². The van der Waals surface area contributed by atoms with Crippen LogP contribution >= 0.6 is 0 Å². The van der Waals surface area contributed by atoms with Gasteiger partial charge in [0, 0.05) is 19.0 Å². The number of piperidine rings is 1. The number of nitrogens with one attached hydrogen (secondary N) is 1. The number of ether oxygens (including phenoxy) is 1. The summed E-state index contributed by atoms with van der Waals surface area (Å²) in [7, 11) is -3.20. The van der Waals surface area contributed by atoms with Crippen molar-refractivity contribution < 1.29 is 17.9 Å². The van der Waals surface area contributed by atoms with Crippen LogP contribution in [-0.4, -0.2) is 47.9 Å². The Balaban J connectivity index is 1.53. The lowest BCUT2D eigenvalue weighted by Crippen LogP contribution is -2.40. The molecule has 1 aromatic heterocycles. The summed E-state index contributed by atoms with van der Waals surface area (Å²) in [5.74, 6) is 0.244. The van der Waals surface area contributed by atoms with E-state index in [4.69, 9.17) is 4.74 Å². The van der Waals surface area contributed by atoms with Crippen molar-refractivity contribution in [2.24, 2.45) is 5.92 Å². The van der Waals surface area contributed by atoms with Gasteiger partial charge in [0.25, 0.3) is 0 Å². The maximum atomic E-state index is 12.3. The molecule has 1 saturated heterocycles. The van der Waals surface area contributed by atoms with E-state index < -0.39 is 10.0 Å². The van der Waals surface area contributed by atoms with Crippen LogP contribution in [0, 0.1) is 5.92 Å². The van der Waals surface area contributed by atoms with Gasteiger partial charge < -0.3 is 10.1 Å². The molecule has 0 saturated carbocycles. The van der Waals surface area contributed by atoms with Crippen LogP contribution in [0.4, 0.5) is 5.69 Å². The molecular formula is C17H20N4O4S. The van der Waals surface area contributed by atoms with Crippen molar-refractivity contribution in [2.75, 3.05) is 24.7 Å². The molecule has 9 heteroatoms. The highest BCUT2D eigenvalue weighted by Gasteiger charge is 2.28. The Morgan fingerprint density at radius 2 is 1.77 bits per heavy atom. The van der Waals surface area contributed by atoms with Gasteiger partial charge in [0.15, 0.2) is 0 Å². The zero-order valence-corrected chi connectivity index (χ0v) is 15.1. The summed E-state index contributed by atoms with van der Waals surface area (Å²) in [4.78, 5) is 20.5. The maximum absolute atomic E-state index is 12.3. The molecule has 2 heterocycles. The summed E-state index contributed by atoms with van der Waals surface area (Å²) in [6.45, 7) is 0.717. The normalized spacial score (nSPS) is 16.2. The van der Waals surface area contributed by atoms with Crippen LogP contribution < -0.4 is 10.1 Å². The average molecular weight is 376 g/mol. The summed E-state index contributed by atoms with van der Waals surface area (Å²) in [5.41, 5.74) is 0.473. The fourth-order valence-electron chi connectivity index (χ4n) is 2.72. The molecule has 1 fully saturated rings. The number of sulfonamides is 1. The van der Waals surface area contributed by atoms with Crippen LogP contribution in [0.2, 0.25) is 0 Å². The molecule has 0 aliphatic carbocycles. The molecule has 0 spiro atoms. The number of hydrogen-bond acceptors (Lipinski definition) is 6. The first-order valence-corrected chi connectivity index (χ1v) is 10.1. The summed E-state index contributed by atoms with van der Waals surface area (Å²) >= 11 is 0. The molecule has 2 aromatic rings. The summed E-state index contributed by atoms with van der Waals surface area (Å²) < 4.78 is 29.9. The molecule has 1 aliphatic rings. The smallest absolute Gasteiger partial charge is 0.322 e. The number of nitrogens with zero attached hydrogens (tertiary/aromatic N) is 3. The molecule has 138 valence electrons. The molecule has 1 aliphatic heterocycles. The largest absolute Gasteiger partial charge is 0.424 e. The van der Waals surface area contributed by atoms with E-state index in [2.05, 4.69) is 15.3 Å². The third kappa shape index (κ3) is 4.77. The van der Waals surface area contributed by atoms with Crippen LogP contribution in [-0.2, 0) is 14.8 Å². The number of anilines is 1. The average Bonchev–Trinajstić information content (AvgIpc) is 2.63. The van der Waals surface area contributed by atoms with Gasteiger partial charge in [-0.2, -0.15) is 0 Å². The van der Waals surface area contributed by atoms with Gasteiger partial charge in [0.05, 0.1) is 24.3 Å². The van der Waals surface area contributed by atoms with E-state index in [1.165, 1.54) is 23.0 Å². The topological polar surface area (TPSA) is 101 Å². The molecule has 8 nitrogen and oxygen atoms in total. The highest BCUT2D eigenvalue weighted by molar-refractivity contribution is 7.88. The van der Waals surface area contributed by atoms with Gasteiger partial charge in [-0.15, -0.1) is 0 Å². The van der Waals surface area contributed by atoms with Crippen molar-refractivity contribution in [1.82, 2.24) is 14.3 Å². The van der Waals surface area contributed by atoms with Crippen LogP contribution in [0.15, 0.2) is 42.7 Å². The Morgan fingerprint density at radius 3 is 2.35 bits per heavy atom. The molecule has 3 rings (SSSR count). The monoisotopic (exact) mass is 376 g/mol. The number of aromatic nitrogens is 2. The quantitative estimate of drug-likeness (QED) is 0.855. The number of carbonyl (C=O) groups is 1. The van der Waals surface area contributed by atoms with Crippen LogP contribution in [0.1, 0.15) is 12.8 Å². The van der Waals surface area contributed by atoms with Crippen molar-refractivity contribution in [3.05, 3.63) is 42.7 Å². The minimum atomic E-state index is -3.20. The van der Waals surface area contributed by atoms with E-state index >= 15 is 0 Å². The van der Waals surface area contributed by atoms with E-state index in [1.807, 2.05) is 18.2 Å². The van der Waals surface area contributed by atoms with E-state index in [0.29, 0.717) is 37.4 Å². The molecule has 1 aromatic carbocycles. The van der Waals surface area contributed by atoms with Crippen molar-refractivity contribution in [2.45, 2.75) is 12.8 Å². The number of benzene rings is 1. The van der Waals surface area contributed by atoms with Gasteiger partial charge in [-0.25, -0.2) is 22.7 Å². The first kappa shape index (κ1) is 18.3. The number of amides is 1. The zero-order valence-electron chi connectivity index (χ0n) is 14.3. The van der Waals surface area contributed by atoms with Crippen LogP contribution in [0.3, 0.4) is 0 Å². The van der Waals surface area contributed by atoms with Crippen molar-refractivity contribution >= 4 is 21.6 Å². The third-order valence-electron chi connectivity index (χ3n) is 4.14. The lowest BCUT2D eigenvalue weighted by atomic mass is 9.97. The van der Waals surface area contributed by atoms with E-state index in [1.54, 1.807) is 12.1 Å². The fraction of sp³-hybridized carbons (Fsp3) is 0.353. The van der Waals surface area contributed by atoms with Gasteiger partial charge in [-0.05, 0) is 25.0 Å². The molecule has 0 unspecified atom stereocenters. The predicted octanol–water partition coefficient (Wildman–Crippen LogP) is 1.88. The molecule has 0 radical (unpaired) electrons. The predicted molar refractivity (Wildman–Crippen MR) is 96.3 cm³/mol. The van der Waals surface area contributed by atoms with E-state index in [0.717, 1.165) is 0 Å². The van der Waals surface area contributed by atoms with Gasteiger partial charge in [-0.1, -0.05) is 18.2 Å². The second-order valence-electron chi connectivity index (χ2n) is 6.09. The molecular weight excluding hydrogens is 356 g/mol. The summed E-state index contributed by atoms with van der Waals surface area (Å²) in [5, 5.41) is 2.77. The molecule has 0 atom stereocenters. The van der Waals surface area contributed by atoms with Gasteiger partial charge >= 0.3 is 6.01 Å². The van der Waals surface area contributed by atoms with Crippen molar-refractivity contribution in [1.29, 1.82) is 0 Å². The number of carbonyl (C=O) groups excluding carboxylic acids is 1. The van der Waals surface area contributed by atoms with Gasteiger partial charge in [0.1, 0.15) is 5.75 Å². The Kier molecular flexibility index (Phi) is 5.48. The molecule has 26 heavy (non-hydrogen) atoms. The van der Waals surface area contributed by atoms with E-state index in [9.17, 15) is 13.2 Å². The molecule has 1 amide bonds. The second-order valence-corrected chi connectivity index (χ2v) is 8.08. The number of para-hydroxylation sites is 1. The fourth-order valence-corrected chi connectivity index (χ4v) is 3.60. The summed E-state index contributed by atoms with van der Waals surface area (Å²) in [6, 6.07) is 9.35. The lowest BCUT2D eigenvalue weighted by Gasteiger charge is -2.29. The number of hydrogen-bond donors (Lipinski definition) is 1. The Hall–Kier alpha value is -2.52. The highest BCUT2D eigenvalue weighted by Crippen LogP contribution is 2.21. The number of rotatable bonds is 5. The first-order valence-electron chi connectivity index (χ1n) is 8.23. The zero-order chi connectivity index (χ0) is 18.6. The van der Waals surface area contributed by atoms with Gasteiger partial charge in [-0.3, -0.25) is 4.79 Å². The molecule has 1 N–H and O–H groups in total. The van der Waals surface area contributed by atoms with Crippen molar-refractivity contribution in [3.8, 4) is 11.8 Å². The third-order valence-corrected chi connectivity index (χ3v) is 5.44. The summed E-state index contributed by atoms with van der Waals surface area (Å²) in [6.07, 6.45) is 5.14. The van der Waals surface area contributed by atoms with Gasteiger partial charge in [0.2, 0.25) is 15.9 Å².